The quantitative estimate of drug-likeness (QED) is 0.663. The van der Waals surface area contributed by atoms with Gasteiger partial charge in [0.1, 0.15) is 10.8 Å². The lowest BCUT2D eigenvalue weighted by molar-refractivity contribution is 0.874. The zero-order valence-electron chi connectivity index (χ0n) is 12.1. The van der Waals surface area contributed by atoms with Crippen LogP contribution in [0.2, 0.25) is 5.15 Å². The lowest BCUT2D eigenvalue weighted by atomic mass is 10.1. The number of pyridine rings is 1. The fourth-order valence-corrected chi connectivity index (χ4v) is 2.63. The van der Waals surface area contributed by atoms with E-state index in [4.69, 9.17) is 11.6 Å². The van der Waals surface area contributed by atoms with E-state index in [2.05, 4.69) is 34.9 Å². The van der Waals surface area contributed by atoms with Crippen molar-refractivity contribution in [2.45, 2.75) is 26.7 Å². The SMILES string of the molecule is CCCc1cc(Cl)nc(-c2cc(C)c3ccccc3n2)n1. The van der Waals surface area contributed by atoms with E-state index < -0.39 is 0 Å². The minimum absolute atomic E-state index is 0.469. The van der Waals surface area contributed by atoms with Gasteiger partial charge in [-0.3, -0.25) is 0 Å². The molecule has 0 atom stereocenters. The van der Waals surface area contributed by atoms with Crippen molar-refractivity contribution in [2.75, 3.05) is 0 Å². The summed E-state index contributed by atoms with van der Waals surface area (Å²) >= 11 is 6.11. The first-order chi connectivity index (χ1) is 10.2. The summed E-state index contributed by atoms with van der Waals surface area (Å²) in [5, 5.41) is 1.62. The summed E-state index contributed by atoms with van der Waals surface area (Å²) < 4.78 is 0. The summed E-state index contributed by atoms with van der Waals surface area (Å²) in [6, 6.07) is 11.9. The zero-order chi connectivity index (χ0) is 14.8. The third kappa shape index (κ3) is 2.88. The molecule has 0 spiro atoms. The number of fused-ring (bicyclic) bond motifs is 1. The van der Waals surface area contributed by atoms with E-state index in [1.165, 1.54) is 0 Å². The van der Waals surface area contributed by atoms with Gasteiger partial charge in [-0.25, -0.2) is 15.0 Å². The van der Waals surface area contributed by atoms with Gasteiger partial charge in [0.2, 0.25) is 0 Å². The maximum Gasteiger partial charge on any atom is 0.179 e. The molecule has 2 aromatic heterocycles. The van der Waals surface area contributed by atoms with E-state index in [1.807, 2.05) is 30.3 Å². The highest BCUT2D eigenvalue weighted by molar-refractivity contribution is 6.29. The highest BCUT2D eigenvalue weighted by Crippen LogP contribution is 2.23. The maximum atomic E-state index is 6.11. The number of aryl methyl sites for hydroxylation is 2. The molecular formula is C17H16ClN3. The van der Waals surface area contributed by atoms with Crippen molar-refractivity contribution < 1.29 is 0 Å². The van der Waals surface area contributed by atoms with Gasteiger partial charge in [-0.15, -0.1) is 0 Å². The molecule has 0 fully saturated rings. The molecule has 1 aromatic carbocycles. The molecule has 0 radical (unpaired) electrons. The van der Waals surface area contributed by atoms with Crippen molar-refractivity contribution >= 4 is 22.5 Å². The summed E-state index contributed by atoms with van der Waals surface area (Å²) in [5.74, 6) is 0.597. The number of hydrogen-bond acceptors (Lipinski definition) is 3. The van der Waals surface area contributed by atoms with Crippen LogP contribution in [0.25, 0.3) is 22.4 Å². The Bertz CT molecular complexity index is 799. The van der Waals surface area contributed by atoms with E-state index in [-0.39, 0.29) is 0 Å². The van der Waals surface area contributed by atoms with Crippen LogP contribution in [0.1, 0.15) is 24.6 Å². The van der Waals surface area contributed by atoms with Gasteiger partial charge in [0.05, 0.1) is 5.52 Å². The Balaban J connectivity index is 2.16. The molecule has 0 bridgehead atoms. The van der Waals surface area contributed by atoms with E-state index in [9.17, 15) is 0 Å². The smallest absolute Gasteiger partial charge is 0.179 e. The molecule has 21 heavy (non-hydrogen) atoms. The average Bonchev–Trinajstić information content (AvgIpc) is 2.47. The standard InChI is InChI=1S/C17H16ClN3/c1-3-6-12-10-16(18)21-17(19-12)15-9-11(2)13-7-4-5-8-14(13)20-15/h4-5,7-10H,3,6H2,1-2H3. The Labute approximate surface area is 129 Å². The van der Waals surface area contributed by atoms with Crippen molar-refractivity contribution in [3.63, 3.8) is 0 Å². The first kappa shape index (κ1) is 14.0. The number of para-hydroxylation sites is 1. The molecule has 3 aromatic rings. The Kier molecular flexibility index (Phi) is 3.84. The van der Waals surface area contributed by atoms with Gasteiger partial charge < -0.3 is 0 Å². The molecular weight excluding hydrogens is 282 g/mol. The number of rotatable bonds is 3. The van der Waals surface area contributed by atoms with Crippen molar-refractivity contribution in [1.82, 2.24) is 15.0 Å². The third-order valence-corrected chi connectivity index (χ3v) is 3.60. The lowest BCUT2D eigenvalue weighted by Gasteiger charge is -2.07. The molecule has 4 heteroatoms. The summed E-state index contributed by atoms with van der Waals surface area (Å²) in [5.41, 5.74) is 3.84. The zero-order valence-corrected chi connectivity index (χ0v) is 12.9. The highest BCUT2D eigenvalue weighted by Gasteiger charge is 2.09. The van der Waals surface area contributed by atoms with Crippen molar-refractivity contribution in [2.24, 2.45) is 0 Å². The molecule has 0 aliphatic rings. The van der Waals surface area contributed by atoms with Crippen LogP contribution in [0.15, 0.2) is 36.4 Å². The van der Waals surface area contributed by atoms with Gasteiger partial charge in [0, 0.05) is 11.1 Å². The Hall–Kier alpha value is -2.00. The van der Waals surface area contributed by atoms with E-state index in [0.717, 1.165) is 40.7 Å². The van der Waals surface area contributed by atoms with Gasteiger partial charge in [0.25, 0.3) is 0 Å². The molecule has 0 saturated carbocycles. The van der Waals surface area contributed by atoms with E-state index >= 15 is 0 Å². The van der Waals surface area contributed by atoms with Crippen LogP contribution in [0, 0.1) is 6.92 Å². The third-order valence-electron chi connectivity index (χ3n) is 3.41. The first-order valence-corrected chi connectivity index (χ1v) is 7.45. The van der Waals surface area contributed by atoms with Crippen molar-refractivity contribution in [3.8, 4) is 11.5 Å². The van der Waals surface area contributed by atoms with Gasteiger partial charge in [-0.2, -0.15) is 0 Å². The van der Waals surface area contributed by atoms with Gasteiger partial charge in [0.15, 0.2) is 5.82 Å². The number of benzene rings is 1. The lowest BCUT2D eigenvalue weighted by Crippen LogP contribution is -1.98. The highest BCUT2D eigenvalue weighted by atomic mass is 35.5. The van der Waals surface area contributed by atoms with Crippen molar-refractivity contribution in [3.05, 3.63) is 52.8 Å². The topological polar surface area (TPSA) is 38.7 Å². The second-order valence-electron chi connectivity index (χ2n) is 5.10. The summed E-state index contributed by atoms with van der Waals surface area (Å²) in [6.07, 6.45) is 1.92. The minimum atomic E-state index is 0.469. The summed E-state index contributed by atoms with van der Waals surface area (Å²) in [7, 11) is 0. The van der Waals surface area contributed by atoms with Gasteiger partial charge in [-0.05, 0) is 37.1 Å². The largest absolute Gasteiger partial charge is 0.244 e. The van der Waals surface area contributed by atoms with E-state index in [1.54, 1.807) is 0 Å². The minimum Gasteiger partial charge on any atom is -0.244 e. The molecule has 3 nitrogen and oxygen atoms in total. The Morgan fingerprint density at radius 3 is 2.67 bits per heavy atom. The summed E-state index contributed by atoms with van der Waals surface area (Å²) in [4.78, 5) is 13.6. The summed E-state index contributed by atoms with van der Waals surface area (Å²) in [6.45, 7) is 4.19. The van der Waals surface area contributed by atoms with Crippen molar-refractivity contribution in [1.29, 1.82) is 0 Å². The first-order valence-electron chi connectivity index (χ1n) is 7.07. The monoisotopic (exact) mass is 297 g/mol. The molecule has 3 rings (SSSR count). The number of nitrogens with zero attached hydrogens (tertiary/aromatic N) is 3. The molecule has 106 valence electrons. The number of hydrogen-bond donors (Lipinski definition) is 0. The second-order valence-corrected chi connectivity index (χ2v) is 5.48. The normalized spacial score (nSPS) is 11.0. The Morgan fingerprint density at radius 2 is 1.86 bits per heavy atom. The van der Waals surface area contributed by atoms with Crippen LogP contribution >= 0.6 is 11.6 Å². The Morgan fingerprint density at radius 1 is 1.05 bits per heavy atom. The van der Waals surface area contributed by atoms with Crippen LogP contribution in [-0.2, 0) is 6.42 Å². The van der Waals surface area contributed by atoms with Crippen LogP contribution in [0.5, 0.6) is 0 Å². The van der Waals surface area contributed by atoms with Crippen LogP contribution in [-0.4, -0.2) is 15.0 Å². The number of halogens is 1. The fraction of sp³-hybridized carbons (Fsp3) is 0.235. The van der Waals surface area contributed by atoms with Crippen LogP contribution in [0.3, 0.4) is 0 Å². The number of aromatic nitrogens is 3. The molecule has 0 aliphatic heterocycles. The molecule has 2 heterocycles. The predicted octanol–water partition coefficient (Wildman–Crippen LogP) is 4.61. The molecule has 0 amide bonds. The molecule has 0 saturated heterocycles. The molecule has 0 N–H and O–H groups in total. The van der Waals surface area contributed by atoms with Crippen LogP contribution < -0.4 is 0 Å². The molecule has 0 unspecified atom stereocenters. The van der Waals surface area contributed by atoms with Crippen LogP contribution in [0.4, 0.5) is 0 Å². The van der Waals surface area contributed by atoms with Gasteiger partial charge in [-0.1, -0.05) is 43.1 Å². The fourth-order valence-electron chi connectivity index (χ4n) is 2.43. The van der Waals surface area contributed by atoms with E-state index in [0.29, 0.717) is 11.0 Å². The maximum absolute atomic E-state index is 6.11. The molecule has 0 aliphatic carbocycles. The average molecular weight is 298 g/mol. The second kappa shape index (κ2) is 5.78. The predicted molar refractivity (Wildman–Crippen MR) is 86.5 cm³/mol. The van der Waals surface area contributed by atoms with Gasteiger partial charge >= 0.3 is 0 Å².